The van der Waals surface area contributed by atoms with Gasteiger partial charge < -0.3 is 0 Å². The lowest BCUT2D eigenvalue weighted by molar-refractivity contribution is 0.768. The van der Waals surface area contributed by atoms with Crippen molar-refractivity contribution in [2.24, 2.45) is 7.05 Å². The minimum atomic E-state index is 1.08. The van der Waals surface area contributed by atoms with E-state index in [2.05, 4.69) is 18.6 Å². The van der Waals surface area contributed by atoms with Gasteiger partial charge in [0.2, 0.25) is 0 Å². The summed E-state index contributed by atoms with van der Waals surface area (Å²) in [5.74, 6) is 0. The Balaban J connectivity index is 0.000000180. The van der Waals surface area contributed by atoms with Crippen molar-refractivity contribution in [3.05, 3.63) is 31.1 Å². The zero-order valence-electron chi connectivity index (χ0n) is 6.62. The normalized spacial score (nSPS) is 7.80. The van der Waals surface area contributed by atoms with Gasteiger partial charge in [-0.2, -0.15) is 5.10 Å². The molecule has 0 fully saturated rings. The van der Waals surface area contributed by atoms with Gasteiger partial charge in [0.05, 0.1) is 0 Å². The summed E-state index contributed by atoms with van der Waals surface area (Å²) < 4.78 is 1.75. The van der Waals surface area contributed by atoms with Gasteiger partial charge in [-0.3, -0.25) is 4.68 Å². The Labute approximate surface area is 62.2 Å². The monoisotopic (exact) mass is 138 g/mol. The molecule has 0 atom stereocenters. The van der Waals surface area contributed by atoms with Crippen LogP contribution in [0.5, 0.6) is 0 Å². The Bertz CT molecular complexity index is 154. The van der Waals surface area contributed by atoms with Gasteiger partial charge in [-0.05, 0) is 12.5 Å². The molecule has 2 nitrogen and oxygen atoms in total. The third-order valence-electron chi connectivity index (χ3n) is 0.925. The molecular formula is C8H14N2. The molecule has 2 heteroatoms. The van der Waals surface area contributed by atoms with Crippen molar-refractivity contribution in [3.8, 4) is 0 Å². The molecule has 0 amide bonds. The molecule has 0 saturated carbocycles. The van der Waals surface area contributed by atoms with Crippen LogP contribution in [0.15, 0.2) is 31.1 Å². The highest BCUT2D eigenvalue weighted by Gasteiger charge is 1.69. The molecule has 0 aliphatic heterocycles. The molecule has 0 spiro atoms. The van der Waals surface area contributed by atoms with E-state index >= 15 is 0 Å². The van der Waals surface area contributed by atoms with Crippen molar-refractivity contribution in [1.82, 2.24) is 9.78 Å². The van der Waals surface area contributed by atoms with E-state index in [4.69, 9.17) is 0 Å². The minimum Gasteiger partial charge on any atom is -0.276 e. The number of aryl methyl sites for hydroxylation is 1. The molecule has 0 aliphatic carbocycles. The van der Waals surface area contributed by atoms with Crippen LogP contribution in [0, 0.1) is 0 Å². The Morgan fingerprint density at radius 1 is 1.70 bits per heavy atom. The van der Waals surface area contributed by atoms with Crippen molar-refractivity contribution in [1.29, 1.82) is 0 Å². The number of aromatic nitrogens is 2. The van der Waals surface area contributed by atoms with Crippen LogP contribution in [-0.4, -0.2) is 9.78 Å². The maximum Gasteiger partial charge on any atom is 0.0489 e. The van der Waals surface area contributed by atoms with Crippen molar-refractivity contribution in [3.63, 3.8) is 0 Å². The van der Waals surface area contributed by atoms with Gasteiger partial charge in [0, 0.05) is 19.4 Å². The van der Waals surface area contributed by atoms with Gasteiger partial charge in [0.1, 0.15) is 0 Å². The first-order chi connectivity index (χ1) is 4.81. The van der Waals surface area contributed by atoms with Crippen LogP contribution in [0.25, 0.3) is 0 Å². The fourth-order valence-corrected chi connectivity index (χ4v) is 0.345. The number of allylic oxidation sites excluding steroid dienone is 1. The van der Waals surface area contributed by atoms with E-state index in [-0.39, 0.29) is 0 Å². The van der Waals surface area contributed by atoms with Crippen LogP contribution in [0.3, 0.4) is 0 Å². The SMILES string of the molecule is C=CCC.Cn1cccn1. The zero-order chi connectivity index (χ0) is 7.82. The molecule has 0 unspecified atom stereocenters. The topological polar surface area (TPSA) is 17.8 Å². The molecule has 0 radical (unpaired) electrons. The molecule has 0 aliphatic rings. The average molecular weight is 138 g/mol. The summed E-state index contributed by atoms with van der Waals surface area (Å²) in [6.07, 6.45) is 6.60. The standard InChI is InChI=1S/C4H6N2.C4H8/c1-6-4-2-3-5-6;1-3-4-2/h2-4H,1H3;3H,1,4H2,2H3. The highest BCUT2D eigenvalue weighted by molar-refractivity contribution is 4.75. The lowest BCUT2D eigenvalue weighted by atomic mass is 10.5. The first-order valence-electron chi connectivity index (χ1n) is 3.35. The molecule has 1 aromatic rings. The second kappa shape index (κ2) is 6.08. The molecule has 1 heterocycles. The van der Waals surface area contributed by atoms with Crippen LogP contribution in [0.4, 0.5) is 0 Å². The molecule has 56 valence electrons. The van der Waals surface area contributed by atoms with E-state index < -0.39 is 0 Å². The quantitative estimate of drug-likeness (QED) is 0.543. The van der Waals surface area contributed by atoms with Gasteiger partial charge in [0.15, 0.2) is 0 Å². The summed E-state index contributed by atoms with van der Waals surface area (Å²) in [7, 11) is 1.89. The van der Waals surface area contributed by atoms with Gasteiger partial charge in [-0.25, -0.2) is 0 Å². The summed E-state index contributed by atoms with van der Waals surface area (Å²) in [4.78, 5) is 0. The second-order valence-corrected chi connectivity index (χ2v) is 1.88. The largest absolute Gasteiger partial charge is 0.276 e. The number of hydrogen-bond donors (Lipinski definition) is 0. The first-order valence-corrected chi connectivity index (χ1v) is 3.35. The average Bonchev–Trinajstić information content (AvgIpc) is 2.40. The zero-order valence-corrected chi connectivity index (χ0v) is 6.62. The van der Waals surface area contributed by atoms with Crippen molar-refractivity contribution in [2.75, 3.05) is 0 Å². The molecule has 10 heavy (non-hydrogen) atoms. The highest BCUT2D eigenvalue weighted by atomic mass is 15.2. The Hall–Kier alpha value is -1.05. The summed E-state index contributed by atoms with van der Waals surface area (Å²) in [5.41, 5.74) is 0. The molecule has 0 bridgehead atoms. The van der Waals surface area contributed by atoms with Crippen LogP contribution in [0.1, 0.15) is 13.3 Å². The maximum absolute atomic E-state index is 3.83. The summed E-state index contributed by atoms with van der Waals surface area (Å²) >= 11 is 0. The molecule has 1 aromatic heterocycles. The van der Waals surface area contributed by atoms with Crippen LogP contribution >= 0.6 is 0 Å². The van der Waals surface area contributed by atoms with Gasteiger partial charge >= 0.3 is 0 Å². The van der Waals surface area contributed by atoms with E-state index in [9.17, 15) is 0 Å². The molecule has 0 N–H and O–H groups in total. The fourth-order valence-electron chi connectivity index (χ4n) is 0.345. The van der Waals surface area contributed by atoms with E-state index in [1.807, 2.05) is 25.4 Å². The minimum absolute atomic E-state index is 1.08. The summed E-state index contributed by atoms with van der Waals surface area (Å²) in [6.45, 7) is 5.54. The lowest BCUT2D eigenvalue weighted by Crippen LogP contribution is -1.83. The van der Waals surface area contributed by atoms with Crippen molar-refractivity contribution < 1.29 is 0 Å². The summed E-state index contributed by atoms with van der Waals surface area (Å²) in [6, 6.07) is 1.89. The van der Waals surface area contributed by atoms with E-state index in [0.29, 0.717) is 0 Å². The number of hydrogen-bond acceptors (Lipinski definition) is 1. The number of rotatable bonds is 1. The van der Waals surface area contributed by atoms with Gasteiger partial charge in [-0.1, -0.05) is 13.0 Å². The second-order valence-electron chi connectivity index (χ2n) is 1.88. The highest BCUT2D eigenvalue weighted by Crippen LogP contribution is 1.73. The maximum atomic E-state index is 3.83. The van der Waals surface area contributed by atoms with Crippen LogP contribution in [0.2, 0.25) is 0 Å². The Kier molecular flexibility index (Phi) is 5.44. The van der Waals surface area contributed by atoms with Crippen LogP contribution < -0.4 is 0 Å². The number of nitrogens with zero attached hydrogens (tertiary/aromatic N) is 2. The Morgan fingerprint density at radius 2 is 2.30 bits per heavy atom. The predicted molar refractivity (Wildman–Crippen MR) is 43.7 cm³/mol. The van der Waals surface area contributed by atoms with Gasteiger partial charge in [-0.15, -0.1) is 6.58 Å². The third kappa shape index (κ3) is 5.09. The third-order valence-corrected chi connectivity index (χ3v) is 0.925. The molecular weight excluding hydrogens is 124 g/mol. The molecule has 0 aromatic carbocycles. The Morgan fingerprint density at radius 3 is 2.40 bits per heavy atom. The fraction of sp³-hybridized carbons (Fsp3) is 0.375. The first kappa shape index (κ1) is 8.95. The molecule has 0 saturated heterocycles. The van der Waals surface area contributed by atoms with E-state index in [0.717, 1.165) is 6.42 Å². The van der Waals surface area contributed by atoms with E-state index in [1.165, 1.54) is 0 Å². The molecule has 1 rings (SSSR count). The van der Waals surface area contributed by atoms with Crippen LogP contribution in [-0.2, 0) is 7.05 Å². The smallest absolute Gasteiger partial charge is 0.0489 e. The lowest BCUT2D eigenvalue weighted by Gasteiger charge is -1.77. The summed E-state index contributed by atoms with van der Waals surface area (Å²) in [5, 5.41) is 3.83. The van der Waals surface area contributed by atoms with Crippen molar-refractivity contribution >= 4 is 0 Å². The van der Waals surface area contributed by atoms with Gasteiger partial charge in [0.25, 0.3) is 0 Å². The van der Waals surface area contributed by atoms with Crippen molar-refractivity contribution in [2.45, 2.75) is 13.3 Å². The predicted octanol–water partition coefficient (Wildman–Crippen LogP) is 2.00. The van der Waals surface area contributed by atoms with E-state index in [1.54, 1.807) is 10.9 Å².